The Morgan fingerprint density at radius 2 is 1.56 bits per heavy atom. The number of aromatic nitrogens is 4. The van der Waals surface area contributed by atoms with Crippen LogP contribution >= 0.6 is 66.3 Å². The van der Waals surface area contributed by atoms with Crippen LogP contribution in [0.15, 0.2) is 115 Å². The van der Waals surface area contributed by atoms with E-state index in [1.807, 2.05) is 64.9 Å². The maximum atomic E-state index is 11.5. The lowest BCUT2D eigenvalue weighted by Gasteiger charge is -2.30. The molecule has 1 aliphatic heterocycles. The molecule has 296 valence electrons. The number of nitrogens with one attached hydrogen (secondary N) is 2. The number of carbonyl (C=O) groups excluding carboxylic acids is 1. The number of rotatable bonds is 14. The summed E-state index contributed by atoms with van der Waals surface area (Å²) < 4.78 is 7.66. The molecule has 1 saturated heterocycles. The summed E-state index contributed by atoms with van der Waals surface area (Å²) in [6.45, 7) is 3.59. The number of amides is 1. The predicted octanol–water partition coefficient (Wildman–Crippen LogP) is 10.3. The van der Waals surface area contributed by atoms with E-state index in [1.54, 1.807) is 42.4 Å². The number of nitrogens with zero attached hydrogens (tertiary/aromatic N) is 5. The number of pyridine rings is 2. The van der Waals surface area contributed by atoms with Gasteiger partial charge in [-0.2, -0.15) is 0 Å². The number of thiazole rings is 2. The van der Waals surface area contributed by atoms with Gasteiger partial charge < -0.3 is 31.1 Å². The summed E-state index contributed by atoms with van der Waals surface area (Å²) in [4.78, 5) is 45.2. The second-order valence-electron chi connectivity index (χ2n) is 12.9. The van der Waals surface area contributed by atoms with Crippen LogP contribution in [0.25, 0.3) is 0 Å². The number of ether oxygens (including phenoxy) is 1. The molecule has 57 heavy (non-hydrogen) atoms. The van der Waals surface area contributed by atoms with E-state index >= 15 is 0 Å². The van der Waals surface area contributed by atoms with Crippen molar-refractivity contribution < 1.29 is 19.4 Å². The van der Waals surface area contributed by atoms with Crippen molar-refractivity contribution in [1.29, 1.82) is 0 Å². The van der Waals surface area contributed by atoms with Gasteiger partial charge in [-0.1, -0.05) is 48.2 Å². The van der Waals surface area contributed by atoms with Gasteiger partial charge in [0.15, 0.2) is 21.8 Å². The van der Waals surface area contributed by atoms with Gasteiger partial charge in [0.2, 0.25) is 5.91 Å². The summed E-state index contributed by atoms with van der Waals surface area (Å²) in [5.74, 6) is 1.73. The fourth-order valence-corrected chi connectivity index (χ4v) is 9.10. The molecule has 1 aliphatic rings. The third kappa shape index (κ3) is 12.5. The number of aliphatic carboxylic acids is 1. The average molecular weight is 953 g/mol. The fraction of sp³-hybridized carbons (Fsp3) is 0.250. The molecule has 5 heterocycles. The van der Waals surface area contributed by atoms with Crippen LogP contribution in [0.1, 0.15) is 43.5 Å². The van der Waals surface area contributed by atoms with E-state index in [0.29, 0.717) is 53.4 Å². The zero-order valence-electron chi connectivity index (χ0n) is 30.8. The van der Waals surface area contributed by atoms with Crippen LogP contribution in [-0.2, 0) is 16.0 Å². The van der Waals surface area contributed by atoms with Crippen molar-refractivity contribution in [3.05, 3.63) is 116 Å². The molecule has 1 fully saturated rings. The number of nitrogens with two attached hydrogens (primary N) is 1. The minimum atomic E-state index is -0.860. The summed E-state index contributed by atoms with van der Waals surface area (Å²) in [5, 5.41) is 21.3. The minimum Gasteiger partial charge on any atom is -0.481 e. The summed E-state index contributed by atoms with van der Waals surface area (Å²) in [7, 11) is 0. The van der Waals surface area contributed by atoms with Gasteiger partial charge in [0.1, 0.15) is 11.6 Å². The Kier molecular flexibility index (Phi) is 15.5. The monoisotopic (exact) mass is 950 g/mol. The van der Waals surface area contributed by atoms with E-state index in [1.165, 1.54) is 11.3 Å². The molecule has 0 bridgehead atoms. The van der Waals surface area contributed by atoms with Crippen molar-refractivity contribution in [3.63, 3.8) is 0 Å². The van der Waals surface area contributed by atoms with E-state index in [4.69, 9.17) is 15.5 Å². The van der Waals surface area contributed by atoms with Crippen molar-refractivity contribution in [2.45, 2.75) is 48.3 Å². The Labute approximate surface area is 360 Å². The van der Waals surface area contributed by atoms with E-state index in [0.717, 1.165) is 61.3 Å². The van der Waals surface area contributed by atoms with Gasteiger partial charge in [0.05, 0.1) is 22.2 Å². The number of piperidine rings is 1. The van der Waals surface area contributed by atoms with E-state index in [2.05, 4.69) is 81.0 Å². The maximum Gasteiger partial charge on any atom is 0.306 e. The summed E-state index contributed by atoms with van der Waals surface area (Å²) in [5.41, 5.74) is 7.31. The quantitative estimate of drug-likeness (QED) is 0.0817. The molecule has 2 aromatic carbocycles. The molecule has 0 spiro atoms. The van der Waals surface area contributed by atoms with Crippen LogP contribution < -0.4 is 21.1 Å². The highest BCUT2D eigenvalue weighted by Crippen LogP contribution is 2.37. The number of carbonyl (C=O) groups is 2. The van der Waals surface area contributed by atoms with Gasteiger partial charge >= 0.3 is 5.97 Å². The number of likely N-dealkylation sites (tertiary alicyclic amines) is 1. The van der Waals surface area contributed by atoms with Gasteiger partial charge in [0, 0.05) is 75.4 Å². The average Bonchev–Trinajstić information content (AvgIpc) is 3.87. The second-order valence-corrected chi connectivity index (χ2v) is 17.6. The van der Waals surface area contributed by atoms with Crippen LogP contribution in [0.5, 0.6) is 11.5 Å². The molecule has 0 aliphatic carbocycles. The van der Waals surface area contributed by atoms with Crippen molar-refractivity contribution in [2.75, 3.05) is 30.3 Å². The van der Waals surface area contributed by atoms with Crippen molar-refractivity contribution >= 4 is 100 Å². The highest BCUT2D eigenvalue weighted by molar-refractivity contribution is 9.10. The smallest absolute Gasteiger partial charge is 0.306 e. The summed E-state index contributed by atoms with van der Waals surface area (Å²) in [6, 6.07) is 23.5. The molecule has 17 heteroatoms. The number of carboxylic acid groups (broad SMARTS) is 1. The standard InChI is InChI=1S/C21H21BrN4OS2.C19H19BrN4O3S/c1-14(27)26-9-7-15(8-10-26)18-13-28-21(24-18)25-20-19(11-16(22)12-23-20)29-17-5-3-2-4-6-17;20-13-9-16(27-15-4-2-1-3-5-15)17(22-10-13)24-19-23-14(11-28-19)8-12(6-7-21)18(25)26/h2-6,11-13,15H,7-10H2,1H3,(H,23,24,25);1-5,9-12H,6-8,21H2,(H,25,26)(H,22,23,24). The molecular formula is C40H40Br2N8O4S3. The van der Waals surface area contributed by atoms with Gasteiger partial charge in [-0.05, 0) is 88.0 Å². The first kappa shape index (κ1) is 42.2. The first-order valence-electron chi connectivity index (χ1n) is 18.0. The molecule has 12 nitrogen and oxygen atoms in total. The molecule has 1 unspecified atom stereocenters. The highest BCUT2D eigenvalue weighted by Gasteiger charge is 2.24. The van der Waals surface area contributed by atoms with Crippen molar-refractivity contribution in [1.82, 2.24) is 24.8 Å². The zero-order valence-corrected chi connectivity index (χ0v) is 36.4. The van der Waals surface area contributed by atoms with Crippen molar-refractivity contribution in [2.24, 2.45) is 11.7 Å². The topological polar surface area (TPSA) is 168 Å². The molecule has 4 aromatic heterocycles. The molecule has 1 atom stereocenters. The molecule has 5 N–H and O–H groups in total. The number of carboxylic acids is 1. The molecule has 0 saturated carbocycles. The van der Waals surface area contributed by atoms with Crippen molar-refractivity contribution in [3.8, 4) is 11.5 Å². The lowest BCUT2D eigenvalue weighted by atomic mass is 9.94. The molecule has 0 radical (unpaired) electrons. The number of hydrogen-bond acceptors (Lipinski definition) is 13. The number of anilines is 4. The molecule has 7 rings (SSSR count). The van der Waals surface area contributed by atoms with Crippen LogP contribution in [-0.4, -0.2) is 61.5 Å². The Hall–Kier alpha value is -4.39. The molecule has 1 amide bonds. The summed E-state index contributed by atoms with van der Waals surface area (Å²) >= 11 is 11.6. The number of halogens is 2. The van der Waals surface area contributed by atoms with Gasteiger partial charge in [-0.3, -0.25) is 9.59 Å². The van der Waals surface area contributed by atoms with Crippen LogP contribution in [0.3, 0.4) is 0 Å². The first-order chi connectivity index (χ1) is 27.6. The van der Waals surface area contributed by atoms with E-state index in [-0.39, 0.29) is 5.91 Å². The van der Waals surface area contributed by atoms with Crippen LogP contribution in [0.4, 0.5) is 21.9 Å². The molecule has 6 aromatic rings. The predicted molar refractivity (Wildman–Crippen MR) is 234 cm³/mol. The zero-order chi connectivity index (χ0) is 40.1. The van der Waals surface area contributed by atoms with E-state index < -0.39 is 11.9 Å². The number of hydrogen-bond donors (Lipinski definition) is 4. The normalized spacial score (nSPS) is 13.3. The van der Waals surface area contributed by atoms with Gasteiger partial charge in [-0.25, -0.2) is 19.9 Å². The Morgan fingerprint density at radius 1 is 0.930 bits per heavy atom. The van der Waals surface area contributed by atoms with Crippen LogP contribution in [0.2, 0.25) is 0 Å². The third-order valence-electron chi connectivity index (χ3n) is 8.78. The Balaban J connectivity index is 0.000000193. The molecular weight excluding hydrogens is 913 g/mol. The minimum absolute atomic E-state index is 0.161. The van der Waals surface area contributed by atoms with Gasteiger partial charge in [0.25, 0.3) is 0 Å². The van der Waals surface area contributed by atoms with E-state index in [9.17, 15) is 14.7 Å². The first-order valence-corrected chi connectivity index (χ1v) is 22.2. The maximum absolute atomic E-state index is 11.5. The van der Waals surface area contributed by atoms with Crippen LogP contribution in [0, 0.1) is 5.92 Å². The number of para-hydroxylation sites is 1. The summed E-state index contributed by atoms with van der Waals surface area (Å²) in [6.07, 6.45) is 6.15. The third-order valence-corrected chi connectivity index (χ3v) is 12.3. The van der Waals surface area contributed by atoms with Gasteiger partial charge in [-0.15, -0.1) is 22.7 Å². The number of benzene rings is 2. The highest BCUT2D eigenvalue weighted by atomic mass is 79.9. The lowest BCUT2D eigenvalue weighted by molar-refractivity contribution is -0.141. The Morgan fingerprint density at radius 3 is 2.25 bits per heavy atom. The largest absolute Gasteiger partial charge is 0.481 e. The Bertz CT molecular complexity index is 2240. The fourth-order valence-electron chi connectivity index (χ4n) is 5.86. The lowest BCUT2D eigenvalue weighted by Crippen LogP contribution is -2.36. The SMILES string of the molecule is CC(=O)N1CCC(c2csc(Nc3ncc(Br)cc3Sc3ccccc3)n2)CC1.NCCC(Cc1csc(Nc2ncc(Br)cc2Oc2ccccc2)n1)C(=O)O. The second kappa shape index (κ2) is 20.9.